The number of nitrogens with zero attached hydrogens (tertiary/aromatic N) is 1. The van der Waals surface area contributed by atoms with Crippen molar-refractivity contribution in [2.24, 2.45) is 5.92 Å². The minimum atomic E-state index is -0.0708. The first-order valence-corrected chi connectivity index (χ1v) is 9.65. The summed E-state index contributed by atoms with van der Waals surface area (Å²) in [6, 6.07) is 18.5. The molecule has 27 heavy (non-hydrogen) atoms. The average molecular weight is 363 g/mol. The van der Waals surface area contributed by atoms with E-state index in [1.54, 1.807) is 6.08 Å². The summed E-state index contributed by atoms with van der Waals surface area (Å²) in [5.41, 5.74) is 3.37. The summed E-state index contributed by atoms with van der Waals surface area (Å²) in [6.45, 7) is 2.91. The molecule has 0 unspecified atom stereocenters. The van der Waals surface area contributed by atoms with Gasteiger partial charge in [-0.15, -0.1) is 0 Å². The number of carbonyl (C=O) groups is 1. The third-order valence-corrected chi connectivity index (χ3v) is 5.30. The van der Waals surface area contributed by atoms with E-state index in [4.69, 9.17) is 9.47 Å². The number of piperidine rings is 1. The Morgan fingerprint density at radius 2 is 1.63 bits per heavy atom. The normalized spacial score (nSPS) is 19.0. The van der Waals surface area contributed by atoms with Crippen LogP contribution in [0.2, 0.25) is 0 Å². The monoisotopic (exact) mass is 363 g/mol. The number of benzene rings is 2. The van der Waals surface area contributed by atoms with Gasteiger partial charge in [0.2, 0.25) is 5.91 Å². The Labute approximate surface area is 160 Å². The molecule has 2 aliphatic heterocycles. The van der Waals surface area contributed by atoms with Crippen LogP contribution in [-0.4, -0.2) is 43.4 Å². The topological polar surface area (TPSA) is 38.8 Å². The average Bonchev–Trinajstić information content (AvgIpc) is 3.28. The van der Waals surface area contributed by atoms with Crippen LogP contribution in [0.5, 0.6) is 0 Å². The zero-order valence-electron chi connectivity index (χ0n) is 15.4. The second-order valence-electron chi connectivity index (χ2n) is 7.10. The summed E-state index contributed by atoms with van der Waals surface area (Å²) < 4.78 is 11.2. The number of carbonyl (C=O) groups excluding carboxylic acids is 1. The first-order valence-electron chi connectivity index (χ1n) is 9.65. The maximum Gasteiger partial charge on any atom is 0.246 e. The molecule has 4 rings (SSSR count). The smallest absolute Gasteiger partial charge is 0.246 e. The van der Waals surface area contributed by atoms with Gasteiger partial charge < -0.3 is 14.4 Å². The van der Waals surface area contributed by atoms with Gasteiger partial charge in [0.05, 0.1) is 13.2 Å². The summed E-state index contributed by atoms with van der Waals surface area (Å²) in [5, 5.41) is 0. The van der Waals surface area contributed by atoms with Crippen molar-refractivity contribution in [3.05, 3.63) is 66.2 Å². The lowest BCUT2D eigenvalue weighted by Gasteiger charge is -2.33. The number of ether oxygens (including phenoxy) is 2. The molecular weight excluding hydrogens is 338 g/mol. The summed E-state index contributed by atoms with van der Waals surface area (Å²) in [4.78, 5) is 14.5. The van der Waals surface area contributed by atoms with Crippen LogP contribution in [0.15, 0.2) is 60.7 Å². The molecule has 2 heterocycles. The van der Waals surface area contributed by atoms with E-state index in [1.807, 2.05) is 41.3 Å². The molecule has 0 bridgehead atoms. The molecule has 1 amide bonds. The SMILES string of the molecule is O=C(/C=C/c1cccc(-c2ccccc2)c1)N1CCC(C2OCCO2)CC1. The van der Waals surface area contributed by atoms with Gasteiger partial charge >= 0.3 is 0 Å². The van der Waals surface area contributed by atoms with E-state index in [0.29, 0.717) is 19.1 Å². The third kappa shape index (κ3) is 4.46. The van der Waals surface area contributed by atoms with E-state index in [-0.39, 0.29) is 12.2 Å². The first-order chi connectivity index (χ1) is 13.3. The molecular formula is C23H25NO3. The second-order valence-corrected chi connectivity index (χ2v) is 7.10. The van der Waals surface area contributed by atoms with Gasteiger partial charge in [0.1, 0.15) is 0 Å². The van der Waals surface area contributed by atoms with Gasteiger partial charge in [0.25, 0.3) is 0 Å². The molecule has 2 aliphatic rings. The molecule has 2 fully saturated rings. The molecule has 4 heteroatoms. The summed E-state index contributed by atoms with van der Waals surface area (Å²) >= 11 is 0. The minimum absolute atomic E-state index is 0.0708. The van der Waals surface area contributed by atoms with Gasteiger partial charge in [-0.3, -0.25) is 4.79 Å². The lowest BCUT2D eigenvalue weighted by molar-refractivity contribution is -0.131. The highest BCUT2D eigenvalue weighted by Gasteiger charge is 2.31. The van der Waals surface area contributed by atoms with Crippen molar-refractivity contribution in [3.63, 3.8) is 0 Å². The van der Waals surface area contributed by atoms with Crippen LogP contribution in [0, 0.1) is 5.92 Å². The Morgan fingerprint density at radius 3 is 2.37 bits per heavy atom. The van der Waals surface area contributed by atoms with Crippen LogP contribution in [0.4, 0.5) is 0 Å². The van der Waals surface area contributed by atoms with Gasteiger partial charge in [-0.25, -0.2) is 0 Å². The zero-order valence-corrected chi connectivity index (χ0v) is 15.4. The number of hydrogen-bond acceptors (Lipinski definition) is 3. The van der Waals surface area contributed by atoms with Crippen molar-refractivity contribution in [2.45, 2.75) is 19.1 Å². The molecule has 2 aromatic rings. The quantitative estimate of drug-likeness (QED) is 0.772. The van der Waals surface area contributed by atoms with Gasteiger partial charge in [0, 0.05) is 25.1 Å². The summed E-state index contributed by atoms with van der Waals surface area (Å²) in [7, 11) is 0. The first kappa shape index (κ1) is 18.0. The number of rotatable bonds is 4. The molecule has 0 spiro atoms. The number of likely N-dealkylation sites (tertiary alicyclic amines) is 1. The van der Waals surface area contributed by atoms with E-state index in [9.17, 15) is 4.79 Å². The van der Waals surface area contributed by atoms with Gasteiger partial charge in [-0.1, -0.05) is 48.5 Å². The molecule has 140 valence electrons. The molecule has 0 saturated carbocycles. The number of amides is 1. The van der Waals surface area contributed by atoms with Crippen LogP contribution < -0.4 is 0 Å². The molecule has 0 N–H and O–H groups in total. The second kappa shape index (κ2) is 8.51. The largest absolute Gasteiger partial charge is 0.350 e. The Morgan fingerprint density at radius 1 is 0.926 bits per heavy atom. The van der Waals surface area contributed by atoms with Crippen molar-refractivity contribution in [3.8, 4) is 11.1 Å². The Hall–Kier alpha value is -2.43. The van der Waals surface area contributed by atoms with Crippen LogP contribution in [0.1, 0.15) is 18.4 Å². The highest BCUT2D eigenvalue weighted by atomic mass is 16.7. The lowest BCUT2D eigenvalue weighted by atomic mass is 9.96. The van der Waals surface area contributed by atoms with Crippen LogP contribution in [-0.2, 0) is 14.3 Å². The molecule has 0 aromatic heterocycles. The molecule has 2 saturated heterocycles. The predicted octanol–water partition coefficient (Wildman–Crippen LogP) is 3.98. The van der Waals surface area contributed by atoms with Crippen LogP contribution in [0.3, 0.4) is 0 Å². The summed E-state index contributed by atoms with van der Waals surface area (Å²) in [5.74, 6) is 0.481. The van der Waals surface area contributed by atoms with Crippen LogP contribution >= 0.6 is 0 Å². The predicted molar refractivity (Wildman–Crippen MR) is 106 cm³/mol. The lowest BCUT2D eigenvalue weighted by Crippen LogP contribution is -2.40. The van der Waals surface area contributed by atoms with Crippen molar-refractivity contribution in [1.82, 2.24) is 4.90 Å². The highest BCUT2D eigenvalue weighted by Crippen LogP contribution is 2.26. The Kier molecular flexibility index (Phi) is 5.66. The molecule has 4 nitrogen and oxygen atoms in total. The fourth-order valence-corrected chi connectivity index (χ4v) is 3.77. The molecule has 0 radical (unpaired) electrons. The molecule has 0 aliphatic carbocycles. The van der Waals surface area contributed by atoms with Crippen molar-refractivity contribution < 1.29 is 14.3 Å². The van der Waals surface area contributed by atoms with E-state index in [0.717, 1.165) is 37.1 Å². The van der Waals surface area contributed by atoms with Gasteiger partial charge in [-0.05, 0) is 41.7 Å². The van der Waals surface area contributed by atoms with Gasteiger partial charge in [-0.2, -0.15) is 0 Å². The van der Waals surface area contributed by atoms with Crippen LogP contribution in [0.25, 0.3) is 17.2 Å². The van der Waals surface area contributed by atoms with Gasteiger partial charge in [0.15, 0.2) is 6.29 Å². The van der Waals surface area contributed by atoms with Crippen molar-refractivity contribution in [2.75, 3.05) is 26.3 Å². The molecule has 0 atom stereocenters. The maximum atomic E-state index is 12.5. The standard InChI is InChI=1S/C23H25NO3/c25-22(24-13-11-20(12-14-24)23-26-15-16-27-23)10-9-18-5-4-8-21(17-18)19-6-2-1-3-7-19/h1-10,17,20,23H,11-16H2/b10-9+. The summed E-state index contributed by atoms with van der Waals surface area (Å²) in [6.07, 6.45) is 5.40. The Balaban J connectivity index is 1.35. The van der Waals surface area contributed by atoms with E-state index >= 15 is 0 Å². The van der Waals surface area contributed by atoms with Crippen molar-refractivity contribution >= 4 is 12.0 Å². The third-order valence-electron chi connectivity index (χ3n) is 5.30. The molecule has 2 aromatic carbocycles. The van der Waals surface area contributed by atoms with E-state index < -0.39 is 0 Å². The fraction of sp³-hybridized carbons (Fsp3) is 0.348. The van der Waals surface area contributed by atoms with E-state index in [2.05, 4.69) is 24.3 Å². The highest BCUT2D eigenvalue weighted by molar-refractivity contribution is 5.92. The van der Waals surface area contributed by atoms with Crippen molar-refractivity contribution in [1.29, 1.82) is 0 Å². The fourth-order valence-electron chi connectivity index (χ4n) is 3.77. The van der Waals surface area contributed by atoms with E-state index in [1.165, 1.54) is 5.56 Å². The minimum Gasteiger partial charge on any atom is -0.350 e. The maximum absolute atomic E-state index is 12.5. The Bertz CT molecular complexity index is 788. The number of hydrogen-bond donors (Lipinski definition) is 0. The zero-order chi connectivity index (χ0) is 18.5.